The minimum Gasteiger partial charge on any atom is -0.356 e. The third kappa shape index (κ3) is 3.03. The van der Waals surface area contributed by atoms with E-state index in [0.29, 0.717) is 6.54 Å². The molecule has 1 amide bonds. The molecular weight excluding hydrogens is 248 g/mol. The summed E-state index contributed by atoms with van der Waals surface area (Å²) in [5.41, 5.74) is 2.54. The molecule has 1 aromatic carbocycles. The van der Waals surface area contributed by atoms with E-state index in [9.17, 15) is 4.79 Å². The Hall–Kier alpha value is -1.77. The second-order valence-electron chi connectivity index (χ2n) is 5.34. The number of carbonyl (C=O) groups is 1. The van der Waals surface area contributed by atoms with Gasteiger partial charge in [-0.25, -0.2) is 0 Å². The second kappa shape index (κ2) is 6.60. The first-order valence-electron chi connectivity index (χ1n) is 7.48. The Bertz CT molecular complexity index is 582. The molecule has 2 aromatic rings. The van der Waals surface area contributed by atoms with Crippen molar-refractivity contribution in [3.8, 4) is 0 Å². The van der Waals surface area contributed by atoms with Crippen molar-refractivity contribution in [1.29, 1.82) is 0 Å². The van der Waals surface area contributed by atoms with Gasteiger partial charge >= 0.3 is 0 Å². The van der Waals surface area contributed by atoms with Crippen LogP contribution >= 0.6 is 0 Å². The normalized spacial score (nSPS) is 11.2. The Kier molecular flexibility index (Phi) is 4.83. The van der Waals surface area contributed by atoms with Crippen molar-refractivity contribution in [3.05, 3.63) is 36.0 Å². The molecule has 0 spiro atoms. The zero-order valence-electron chi connectivity index (χ0n) is 12.6. The lowest BCUT2D eigenvalue weighted by molar-refractivity contribution is -0.125. The number of amides is 1. The third-order valence-corrected chi connectivity index (χ3v) is 4.03. The van der Waals surface area contributed by atoms with Gasteiger partial charge in [0, 0.05) is 36.6 Å². The predicted octanol–water partition coefficient (Wildman–Crippen LogP) is 3.27. The van der Waals surface area contributed by atoms with Crippen LogP contribution in [0.4, 0.5) is 0 Å². The van der Waals surface area contributed by atoms with Gasteiger partial charge in [-0.3, -0.25) is 4.79 Å². The molecule has 3 heteroatoms. The maximum absolute atomic E-state index is 11.9. The lowest BCUT2D eigenvalue weighted by Crippen LogP contribution is -2.31. The van der Waals surface area contributed by atoms with Crippen LogP contribution in [0.25, 0.3) is 10.9 Å². The molecule has 0 fully saturated rings. The monoisotopic (exact) mass is 272 g/mol. The Morgan fingerprint density at radius 3 is 2.65 bits per heavy atom. The summed E-state index contributed by atoms with van der Waals surface area (Å²) in [6.45, 7) is 4.85. The molecule has 0 atom stereocenters. The molecule has 0 saturated heterocycles. The van der Waals surface area contributed by atoms with E-state index in [0.717, 1.165) is 19.3 Å². The summed E-state index contributed by atoms with van der Waals surface area (Å²) >= 11 is 0. The van der Waals surface area contributed by atoms with Crippen molar-refractivity contribution in [2.45, 2.75) is 33.1 Å². The summed E-state index contributed by atoms with van der Waals surface area (Å²) in [7, 11) is 2.06. The molecule has 2 rings (SSSR count). The average Bonchev–Trinajstić information content (AvgIpc) is 2.78. The number of hydrogen-bond acceptors (Lipinski definition) is 1. The largest absolute Gasteiger partial charge is 0.356 e. The van der Waals surface area contributed by atoms with Crippen molar-refractivity contribution in [1.82, 2.24) is 9.88 Å². The maximum atomic E-state index is 11.9. The summed E-state index contributed by atoms with van der Waals surface area (Å²) < 4.78 is 2.15. The van der Waals surface area contributed by atoms with Crippen LogP contribution in [-0.2, 0) is 18.3 Å². The van der Waals surface area contributed by atoms with Crippen LogP contribution in [0.1, 0.15) is 32.3 Å². The highest BCUT2D eigenvalue weighted by molar-refractivity contribution is 5.84. The number of carbonyl (C=O) groups excluding carboxylic acids is 1. The van der Waals surface area contributed by atoms with Crippen molar-refractivity contribution in [3.63, 3.8) is 0 Å². The van der Waals surface area contributed by atoms with Crippen LogP contribution < -0.4 is 5.32 Å². The lowest BCUT2D eigenvalue weighted by Gasteiger charge is -2.12. The summed E-state index contributed by atoms with van der Waals surface area (Å²) in [5.74, 6) is 0.345. The van der Waals surface area contributed by atoms with E-state index in [1.807, 2.05) is 0 Å². The molecule has 0 unspecified atom stereocenters. The molecule has 3 nitrogen and oxygen atoms in total. The van der Waals surface area contributed by atoms with Crippen molar-refractivity contribution in [2.75, 3.05) is 6.54 Å². The number of rotatable bonds is 6. The van der Waals surface area contributed by atoms with Crippen LogP contribution in [0.15, 0.2) is 30.5 Å². The summed E-state index contributed by atoms with van der Waals surface area (Å²) in [6, 6.07) is 8.39. The van der Waals surface area contributed by atoms with Gasteiger partial charge in [0.25, 0.3) is 0 Å². The van der Waals surface area contributed by atoms with E-state index in [-0.39, 0.29) is 11.8 Å². The predicted molar refractivity (Wildman–Crippen MR) is 83.7 cm³/mol. The highest BCUT2D eigenvalue weighted by Crippen LogP contribution is 2.20. The summed E-state index contributed by atoms with van der Waals surface area (Å²) in [6.07, 6.45) is 4.87. The number of aryl methyl sites for hydroxylation is 1. The Morgan fingerprint density at radius 2 is 1.95 bits per heavy atom. The molecule has 20 heavy (non-hydrogen) atoms. The first-order chi connectivity index (χ1) is 9.67. The fraction of sp³-hybridized carbons (Fsp3) is 0.471. The number of para-hydroxylation sites is 1. The van der Waals surface area contributed by atoms with Crippen LogP contribution in [0, 0.1) is 5.92 Å². The molecule has 0 saturated carbocycles. The zero-order chi connectivity index (χ0) is 14.5. The van der Waals surface area contributed by atoms with E-state index in [1.54, 1.807) is 0 Å². The topological polar surface area (TPSA) is 34.0 Å². The highest BCUT2D eigenvalue weighted by atomic mass is 16.1. The zero-order valence-corrected chi connectivity index (χ0v) is 12.6. The number of aromatic nitrogens is 1. The quantitative estimate of drug-likeness (QED) is 0.860. The summed E-state index contributed by atoms with van der Waals surface area (Å²) in [4.78, 5) is 11.9. The first kappa shape index (κ1) is 14.6. The van der Waals surface area contributed by atoms with Crippen LogP contribution in [0.3, 0.4) is 0 Å². The minimum absolute atomic E-state index is 0.155. The molecule has 1 N–H and O–H groups in total. The number of nitrogens with zero attached hydrogens (tertiary/aromatic N) is 1. The Morgan fingerprint density at radius 1 is 1.25 bits per heavy atom. The average molecular weight is 272 g/mol. The number of nitrogens with one attached hydrogen (secondary N) is 1. The van der Waals surface area contributed by atoms with Crippen molar-refractivity contribution in [2.24, 2.45) is 13.0 Å². The second-order valence-corrected chi connectivity index (χ2v) is 5.34. The van der Waals surface area contributed by atoms with Crippen LogP contribution in [0.2, 0.25) is 0 Å². The van der Waals surface area contributed by atoms with Crippen LogP contribution in [0.5, 0.6) is 0 Å². The van der Waals surface area contributed by atoms with Gasteiger partial charge in [-0.2, -0.15) is 0 Å². The van der Waals surface area contributed by atoms with Gasteiger partial charge in [0.1, 0.15) is 0 Å². The minimum atomic E-state index is 0.155. The van der Waals surface area contributed by atoms with Gasteiger partial charge in [-0.1, -0.05) is 32.0 Å². The fourth-order valence-corrected chi connectivity index (χ4v) is 2.75. The van der Waals surface area contributed by atoms with Gasteiger partial charge in [-0.15, -0.1) is 0 Å². The van der Waals surface area contributed by atoms with Gasteiger partial charge in [0.15, 0.2) is 0 Å². The van der Waals surface area contributed by atoms with E-state index in [1.165, 1.54) is 16.5 Å². The fourth-order valence-electron chi connectivity index (χ4n) is 2.75. The molecule has 0 aliphatic heterocycles. The molecule has 1 heterocycles. The molecule has 0 bridgehead atoms. The van der Waals surface area contributed by atoms with Gasteiger partial charge in [0.2, 0.25) is 5.91 Å². The van der Waals surface area contributed by atoms with Crippen molar-refractivity contribution >= 4 is 16.8 Å². The molecule has 108 valence electrons. The number of benzene rings is 1. The molecule has 0 aliphatic carbocycles. The lowest BCUT2D eigenvalue weighted by atomic mass is 10.0. The van der Waals surface area contributed by atoms with E-state index < -0.39 is 0 Å². The number of hydrogen-bond donors (Lipinski definition) is 1. The standard InChI is InChI=1S/C17H24N2O/c1-4-13(5-2)17(20)18-11-10-14-12-19(3)16-9-7-6-8-15(14)16/h6-9,12-13H,4-5,10-11H2,1-3H3,(H,18,20). The molecule has 1 aromatic heterocycles. The van der Waals surface area contributed by atoms with Gasteiger partial charge < -0.3 is 9.88 Å². The first-order valence-corrected chi connectivity index (χ1v) is 7.48. The molecule has 0 aliphatic rings. The Balaban J connectivity index is 1.98. The number of fused-ring (bicyclic) bond motifs is 1. The maximum Gasteiger partial charge on any atom is 0.223 e. The molecular formula is C17H24N2O. The smallest absolute Gasteiger partial charge is 0.223 e. The SMILES string of the molecule is CCC(CC)C(=O)NCCc1cn(C)c2ccccc12. The van der Waals surface area contributed by atoms with Crippen LogP contribution in [-0.4, -0.2) is 17.0 Å². The van der Waals surface area contributed by atoms with Gasteiger partial charge in [-0.05, 0) is 30.9 Å². The Labute approximate surface area is 121 Å². The van der Waals surface area contributed by atoms with Crippen molar-refractivity contribution < 1.29 is 4.79 Å². The molecule has 0 radical (unpaired) electrons. The van der Waals surface area contributed by atoms with E-state index in [4.69, 9.17) is 0 Å². The third-order valence-electron chi connectivity index (χ3n) is 4.03. The highest BCUT2D eigenvalue weighted by Gasteiger charge is 2.13. The van der Waals surface area contributed by atoms with Gasteiger partial charge in [0.05, 0.1) is 0 Å². The van der Waals surface area contributed by atoms with E-state index >= 15 is 0 Å². The summed E-state index contributed by atoms with van der Waals surface area (Å²) in [5, 5.41) is 4.34. The van der Waals surface area contributed by atoms with E-state index in [2.05, 4.69) is 61.2 Å².